The highest BCUT2D eigenvalue weighted by molar-refractivity contribution is 9.10. The number of carbonyl (C=O) groups excluding carboxylic acids is 2. The van der Waals surface area contributed by atoms with Crippen molar-refractivity contribution in [2.75, 3.05) is 13.7 Å². The highest BCUT2D eigenvalue weighted by atomic mass is 79.9. The van der Waals surface area contributed by atoms with Crippen molar-refractivity contribution >= 4 is 33.9 Å². The Kier molecular flexibility index (Phi) is 7.05. The summed E-state index contributed by atoms with van der Waals surface area (Å²) in [5.74, 6) is -0.0338. The predicted octanol–water partition coefficient (Wildman–Crippen LogP) is 3.80. The van der Waals surface area contributed by atoms with Crippen molar-refractivity contribution in [1.29, 1.82) is 0 Å². The Labute approximate surface area is 157 Å². The van der Waals surface area contributed by atoms with E-state index in [4.69, 9.17) is 9.47 Å². The largest absolute Gasteiger partial charge is 0.496 e. The molecular formula is C19H24BrNO4. The molecule has 0 unspecified atom stereocenters. The maximum atomic E-state index is 12.3. The van der Waals surface area contributed by atoms with Crippen LogP contribution in [0.5, 0.6) is 5.75 Å². The Bertz CT molecular complexity index is 649. The van der Waals surface area contributed by atoms with Gasteiger partial charge in [0.15, 0.2) is 6.61 Å². The fourth-order valence-corrected chi connectivity index (χ4v) is 3.54. The van der Waals surface area contributed by atoms with E-state index in [9.17, 15) is 9.59 Å². The normalized spacial score (nSPS) is 20.6. The molecule has 0 saturated carbocycles. The molecule has 1 fully saturated rings. The van der Waals surface area contributed by atoms with Gasteiger partial charge < -0.3 is 14.4 Å². The van der Waals surface area contributed by atoms with Crippen molar-refractivity contribution in [1.82, 2.24) is 4.90 Å². The summed E-state index contributed by atoms with van der Waals surface area (Å²) in [5, 5.41) is 0. The van der Waals surface area contributed by atoms with Crippen molar-refractivity contribution in [2.45, 2.75) is 45.2 Å². The zero-order chi connectivity index (χ0) is 18.4. The van der Waals surface area contributed by atoms with Crippen molar-refractivity contribution in [3.05, 3.63) is 34.3 Å². The van der Waals surface area contributed by atoms with Gasteiger partial charge in [-0.2, -0.15) is 0 Å². The molecule has 0 radical (unpaired) electrons. The van der Waals surface area contributed by atoms with E-state index in [0.717, 1.165) is 29.3 Å². The third-order valence-corrected chi connectivity index (χ3v) is 4.90. The summed E-state index contributed by atoms with van der Waals surface area (Å²) in [7, 11) is 1.57. The van der Waals surface area contributed by atoms with Gasteiger partial charge in [0.05, 0.1) is 7.11 Å². The van der Waals surface area contributed by atoms with Crippen LogP contribution in [-0.2, 0) is 14.3 Å². The van der Waals surface area contributed by atoms with Crippen molar-refractivity contribution < 1.29 is 19.1 Å². The zero-order valence-corrected chi connectivity index (χ0v) is 16.4. The highest BCUT2D eigenvalue weighted by Crippen LogP contribution is 2.24. The SMILES string of the molecule is COc1ccc(Br)cc1/C=C/C(=O)OCC(=O)N1[C@H](C)CCC[C@H]1C. The van der Waals surface area contributed by atoms with Gasteiger partial charge in [0.2, 0.25) is 0 Å². The number of rotatable bonds is 5. The number of amides is 1. The summed E-state index contributed by atoms with van der Waals surface area (Å²) < 4.78 is 11.2. The number of piperidine rings is 1. The second kappa shape index (κ2) is 9.04. The molecule has 2 atom stereocenters. The van der Waals surface area contributed by atoms with Gasteiger partial charge >= 0.3 is 5.97 Å². The van der Waals surface area contributed by atoms with Gasteiger partial charge in [-0.15, -0.1) is 0 Å². The van der Waals surface area contributed by atoms with Crippen LogP contribution in [0.1, 0.15) is 38.7 Å². The van der Waals surface area contributed by atoms with Crippen LogP contribution in [0.15, 0.2) is 28.7 Å². The fourth-order valence-electron chi connectivity index (χ4n) is 3.16. The van der Waals surface area contributed by atoms with Crippen LogP contribution < -0.4 is 4.74 Å². The fraction of sp³-hybridized carbons (Fsp3) is 0.474. The molecule has 136 valence electrons. The zero-order valence-electron chi connectivity index (χ0n) is 14.8. The molecule has 1 amide bonds. The molecule has 5 nitrogen and oxygen atoms in total. The molecule has 0 N–H and O–H groups in total. The number of nitrogens with zero attached hydrogens (tertiary/aromatic N) is 1. The second-order valence-corrected chi connectivity index (χ2v) is 7.17. The molecule has 0 spiro atoms. The first-order valence-electron chi connectivity index (χ1n) is 8.42. The van der Waals surface area contributed by atoms with Crippen molar-refractivity contribution in [2.24, 2.45) is 0 Å². The van der Waals surface area contributed by atoms with E-state index < -0.39 is 5.97 Å². The second-order valence-electron chi connectivity index (χ2n) is 6.26. The third kappa shape index (κ3) is 5.33. The summed E-state index contributed by atoms with van der Waals surface area (Å²) in [6, 6.07) is 5.88. The Morgan fingerprint density at radius 3 is 2.60 bits per heavy atom. The number of ether oxygens (including phenoxy) is 2. The highest BCUT2D eigenvalue weighted by Gasteiger charge is 2.29. The summed E-state index contributed by atoms with van der Waals surface area (Å²) >= 11 is 3.38. The van der Waals surface area contributed by atoms with Gasteiger partial charge in [0, 0.05) is 28.2 Å². The van der Waals surface area contributed by atoms with Crippen LogP contribution in [0.4, 0.5) is 0 Å². The lowest BCUT2D eigenvalue weighted by atomic mass is 9.97. The molecule has 0 bridgehead atoms. The average molecular weight is 410 g/mol. The van der Waals surface area contributed by atoms with Gasteiger partial charge in [-0.25, -0.2) is 4.79 Å². The molecule has 1 aromatic carbocycles. The van der Waals surface area contributed by atoms with Crippen LogP contribution >= 0.6 is 15.9 Å². The minimum atomic E-state index is -0.548. The van der Waals surface area contributed by atoms with Crippen molar-refractivity contribution in [3.8, 4) is 5.75 Å². The number of likely N-dealkylation sites (tertiary alicyclic amines) is 1. The molecule has 1 aliphatic heterocycles. The lowest BCUT2D eigenvalue weighted by Gasteiger charge is -2.38. The van der Waals surface area contributed by atoms with E-state index in [0.29, 0.717) is 5.75 Å². The van der Waals surface area contributed by atoms with E-state index in [1.54, 1.807) is 19.3 Å². The number of benzene rings is 1. The third-order valence-electron chi connectivity index (χ3n) is 4.41. The van der Waals surface area contributed by atoms with Crippen molar-refractivity contribution in [3.63, 3.8) is 0 Å². The van der Waals surface area contributed by atoms with Crippen LogP contribution in [0.25, 0.3) is 6.08 Å². The molecule has 2 rings (SSSR count). The molecule has 1 heterocycles. The number of hydrogen-bond donors (Lipinski definition) is 0. The lowest BCUT2D eigenvalue weighted by molar-refractivity contribution is -0.151. The van der Waals surface area contributed by atoms with Gasteiger partial charge in [0.25, 0.3) is 5.91 Å². The first kappa shape index (κ1) is 19.5. The first-order valence-corrected chi connectivity index (χ1v) is 9.21. The Morgan fingerprint density at radius 1 is 1.28 bits per heavy atom. The number of carbonyl (C=O) groups is 2. The number of halogens is 1. The van der Waals surface area contributed by atoms with Crippen LogP contribution in [0.2, 0.25) is 0 Å². The molecule has 1 aliphatic rings. The minimum absolute atomic E-state index is 0.138. The number of methoxy groups -OCH3 is 1. The molecule has 0 aliphatic carbocycles. The van der Waals surface area contributed by atoms with Gasteiger partial charge in [-0.3, -0.25) is 4.79 Å². The summed E-state index contributed by atoms with van der Waals surface area (Å²) in [4.78, 5) is 26.1. The molecule has 25 heavy (non-hydrogen) atoms. The topological polar surface area (TPSA) is 55.8 Å². The molecule has 1 saturated heterocycles. The smallest absolute Gasteiger partial charge is 0.331 e. The van der Waals surface area contributed by atoms with Gasteiger partial charge in [0.1, 0.15) is 5.75 Å². The maximum Gasteiger partial charge on any atom is 0.331 e. The van der Waals surface area contributed by atoms with Crippen LogP contribution in [0, 0.1) is 0 Å². The Balaban J connectivity index is 1.92. The van der Waals surface area contributed by atoms with E-state index in [1.807, 2.05) is 30.9 Å². The van der Waals surface area contributed by atoms with E-state index in [-0.39, 0.29) is 24.6 Å². The average Bonchev–Trinajstić information content (AvgIpc) is 2.58. The monoisotopic (exact) mass is 409 g/mol. The summed E-state index contributed by atoms with van der Waals surface area (Å²) in [6.07, 6.45) is 6.03. The predicted molar refractivity (Wildman–Crippen MR) is 100 cm³/mol. The van der Waals surface area contributed by atoms with Gasteiger partial charge in [-0.05, 0) is 57.4 Å². The molecule has 1 aromatic rings. The standard InChI is InChI=1S/C19H24BrNO4/c1-13-5-4-6-14(2)21(13)18(22)12-25-19(23)10-7-15-11-16(20)8-9-17(15)24-3/h7-11,13-14H,4-6,12H2,1-3H3/b10-7+/t13-,14-/m1/s1. The molecule has 6 heteroatoms. The Morgan fingerprint density at radius 2 is 1.96 bits per heavy atom. The minimum Gasteiger partial charge on any atom is -0.496 e. The van der Waals surface area contributed by atoms with E-state index in [2.05, 4.69) is 15.9 Å². The van der Waals surface area contributed by atoms with Crippen LogP contribution in [-0.4, -0.2) is 42.6 Å². The van der Waals surface area contributed by atoms with Gasteiger partial charge in [-0.1, -0.05) is 15.9 Å². The van der Waals surface area contributed by atoms with E-state index in [1.165, 1.54) is 6.08 Å². The lowest BCUT2D eigenvalue weighted by Crippen LogP contribution is -2.49. The number of esters is 1. The molecular weight excluding hydrogens is 386 g/mol. The summed E-state index contributed by atoms with van der Waals surface area (Å²) in [5.41, 5.74) is 0.749. The maximum absolute atomic E-state index is 12.3. The quantitative estimate of drug-likeness (QED) is 0.547. The van der Waals surface area contributed by atoms with E-state index >= 15 is 0 Å². The number of hydrogen-bond acceptors (Lipinski definition) is 4. The first-order chi connectivity index (χ1) is 11.9. The van der Waals surface area contributed by atoms with Crippen LogP contribution in [0.3, 0.4) is 0 Å². The summed E-state index contributed by atoms with van der Waals surface area (Å²) in [6.45, 7) is 3.84. The molecule has 0 aromatic heterocycles. The Hall–Kier alpha value is -1.82.